The van der Waals surface area contributed by atoms with E-state index in [9.17, 15) is 4.79 Å². The van der Waals surface area contributed by atoms with E-state index in [-0.39, 0.29) is 5.54 Å². The predicted molar refractivity (Wildman–Crippen MR) is 87.4 cm³/mol. The molecule has 0 bridgehead atoms. The van der Waals surface area contributed by atoms with Gasteiger partial charge in [-0.05, 0) is 80.1 Å². The molecule has 0 radical (unpaired) electrons. The van der Waals surface area contributed by atoms with Crippen molar-refractivity contribution >= 4 is 28.4 Å². The first-order valence-electron chi connectivity index (χ1n) is 7.03. The number of ketones is 1. The van der Waals surface area contributed by atoms with E-state index in [1.807, 2.05) is 0 Å². The van der Waals surface area contributed by atoms with Crippen LogP contribution in [-0.2, 0) is 11.2 Å². The van der Waals surface area contributed by atoms with E-state index in [4.69, 9.17) is 0 Å². The lowest BCUT2D eigenvalue weighted by atomic mass is 9.90. The molecule has 3 heteroatoms. The number of carbonyl (C=O) groups is 1. The molecule has 2 nitrogen and oxygen atoms in total. The van der Waals surface area contributed by atoms with Crippen LogP contribution in [0.4, 0.5) is 0 Å². The maximum Gasteiger partial charge on any atom is 0.156 e. The molecule has 2 rings (SSSR count). The van der Waals surface area contributed by atoms with Gasteiger partial charge in [0.15, 0.2) is 5.78 Å². The first-order valence-corrected chi connectivity index (χ1v) is 8.11. The molecule has 0 aromatic heterocycles. The van der Waals surface area contributed by atoms with Crippen molar-refractivity contribution in [2.24, 2.45) is 0 Å². The fourth-order valence-corrected chi connectivity index (χ4v) is 2.99. The summed E-state index contributed by atoms with van der Waals surface area (Å²) in [6.07, 6.45) is 4.29. The Morgan fingerprint density at radius 3 is 2.32 bits per heavy atom. The summed E-state index contributed by atoms with van der Waals surface area (Å²) in [5.41, 5.74) is 0.791. The first kappa shape index (κ1) is 15.0. The second-order valence-corrected chi connectivity index (χ2v) is 7.08. The maximum atomic E-state index is 12.6. The van der Waals surface area contributed by atoms with Gasteiger partial charge in [-0.1, -0.05) is 18.6 Å². The third-order valence-corrected chi connectivity index (χ3v) is 4.83. The fraction of sp³-hybridized carbons (Fsp3) is 0.562. The van der Waals surface area contributed by atoms with E-state index in [2.05, 4.69) is 65.6 Å². The summed E-state index contributed by atoms with van der Waals surface area (Å²) in [6.45, 7) is 6.28. The summed E-state index contributed by atoms with van der Waals surface area (Å²) in [6, 6.07) is 8.26. The van der Waals surface area contributed by atoms with E-state index < -0.39 is 0 Å². The lowest BCUT2D eigenvalue weighted by Crippen LogP contribution is -2.52. The highest BCUT2D eigenvalue weighted by atomic mass is 127. The number of hydrogen-bond donors (Lipinski definition) is 0. The SMILES string of the molecule is CC(C)(C(=O)Cc1ccc(I)cc1)N1CCCCC1. The van der Waals surface area contributed by atoms with Gasteiger partial charge in [0.2, 0.25) is 0 Å². The molecule has 1 saturated heterocycles. The number of nitrogens with zero attached hydrogens (tertiary/aromatic N) is 1. The molecule has 0 unspecified atom stereocenters. The molecule has 0 amide bonds. The van der Waals surface area contributed by atoms with Gasteiger partial charge in [0.05, 0.1) is 5.54 Å². The van der Waals surface area contributed by atoms with Crippen LogP contribution in [0, 0.1) is 3.57 Å². The average Bonchev–Trinajstić information content (AvgIpc) is 2.42. The lowest BCUT2D eigenvalue weighted by molar-refractivity contribution is -0.129. The van der Waals surface area contributed by atoms with Gasteiger partial charge in [0.25, 0.3) is 0 Å². The Morgan fingerprint density at radius 1 is 1.16 bits per heavy atom. The summed E-state index contributed by atoms with van der Waals surface area (Å²) in [5.74, 6) is 0.329. The molecule has 0 saturated carbocycles. The van der Waals surface area contributed by atoms with Crippen LogP contribution in [0.5, 0.6) is 0 Å². The Balaban J connectivity index is 2.03. The quantitative estimate of drug-likeness (QED) is 0.753. The zero-order valence-corrected chi connectivity index (χ0v) is 13.9. The zero-order chi connectivity index (χ0) is 13.9. The molecule has 19 heavy (non-hydrogen) atoms. The molecule has 1 fully saturated rings. The molecule has 1 aromatic carbocycles. The second kappa shape index (κ2) is 6.35. The monoisotopic (exact) mass is 371 g/mol. The molecular formula is C16H22INO. The minimum Gasteiger partial charge on any atom is -0.297 e. The smallest absolute Gasteiger partial charge is 0.156 e. The molecular weight excluding hydrogens is 349 g/mol. The van der Waals surface area contributed by atoms with Crippen LogP contribution in [0.25, 0.3) is 0 Å². The highest BCUT2D eigenvalue weighted by molar-refractivity contribution is 14.1. The number of halogens is 1. The zero-order valence-electron chi connectivity index (χ0n) is 11.8. The van der Waals surface area contributed by atoms with Gasteiger partial charge in [-0.2, -0.15) is 0 Å². The van der Waals surface area contributed by atoms with Gasteiger partial charge in [-0.3, -0.25) is 9.69 Å². The summed E-state index contributed by atoms with van der Waals surface area (Å²) in [4.78, 5) is 14.9. The van der Waals surface area contributed by atoms with E-state index >= 15 is 0 Å². The van der Waals surface area contributed by atoms with E-state index in [0.29, 0.717) is 12.2 Å². The number of rotatable bonds is 4. The third-order valence-electron chi connectivity index (χ3n) is 4.11. The van der Waals surface area contributed by atoms with Crippen molar-refractivity contribution in [2.75, 3.05) is 13.1 Å². The minimum atomic E-state index is -0.330. The largest absolute Gasteiger partial charge is 0.297 e. The van der Waals surface area contributed by atoms with Gasteiger partial charge in [-0.25, -0.2) is 0 Å². The number of benzene rings is 1. The normalized spacial score (nSPS) is 17.4. The van der Waals surface area contributed by atoms with Crippen molar-refractivity contribution in [1.29, 1.82) is 0 Å². The van der Waals surface area contributed by atoms with Crippen molar-refractivity contribution in [2.45, 2.75) is 45.1 Å². The number of Topliss-reactive ketones (excluding diaryl/α,β-unsaturated/α-hetero) is 1. The highest BCUT2D eigenvalue weighted by Crippen LogP contribution is 2.23. The van der Waals surface area contributed by atoms with Gasteiger partial charge < -0.3 is 0 Å². The van der Waals surface area contributed by atoms with Crippen LogP contribution in [0.2, 0.25) is 0 Å². The third kappa shape index (κ3) is 3.78. The fourth-order valence-electron chi connectivity index (χ4n) is 2.63. The number of carbonyl (C=O) groups excluding carboxylic acids is 1. The van der Waals surface area contributed by atoms with Crippen LogP contribution >= 0.6 is 22.6 Å². The number of piperidine rings is 1. The maximum absolute atomic E-state index is 12.6. The highest BCUT2D eigenvalue weighted by Gasteiger charge is 2.34. The van der Waals surface area contributed by atoms with Crippen LogP contribution < -0.4 is 0 Å². The Bertz CT molecular complexity index is 433. The Kier molecular flexibility index (Phi) is 5.01. The molecule has 104 valence electrons. The molecule has 0 N–H and O–H groups in total. The second-order valence-electron chi connectivity index (χ2n) is 5.83. The Labute approximate surface area is 129 Å². The topological polar surface area (TPSA) is 20.3 Å². The summed E-state index contributed by atoms with van der Waals surface area (Å²) >= 11 is 2.29. The number of hydrogen-bond acceptors (Lipinski definition) is 2. The Morgan fingerprint density at radius 2 is 1.74 bits per heavy atom. The molecule has 0 spiro atoms. The molecule has 0 atom stereocenters. The molecule has 1 aromatic rings. The van der Waals surface area contributed by atoms with Crippen molar-refractivity contribution in [3.05, 3.63) is 33.4 Å². The average molecular weight is 371 g/mol. The van der Waals surface area contributed by atoms with Gasteiger partial charge in [0.1, 0.15) is 0 Å². The van der Waals surface area contributed by atoms with Crippen LogP contribution in [-0.4, -0.2) is 29.3 Å². The summed E-state index contributed by atoms with van der Waals surface area (Å²) < 4.78 is 1.21. The Hall–Kier alpha value is -0.420. The van der Waals surface area contributed by atoms with E-state index in [1.165, 1.54) is 22.8 Å². The molecule has 1 aliphatic rings. The standard InChI is InChI=1S/C16H22INO/c1-16(2,18-10-4-3-5-11-18)15(19)12-13-6-8-14(17)9-7-13/h6-9H,3-5,10-12H2,1-2H3. The van der Waals surface area contributed by atoms with Crippen molar-refractivity contribution < 1.29 is 4.79 Å². The van der Waals surface area contributed by atoms with E-state index in [0.717, 1.165) is 18.7 Å². The lowest BCUT2D eigenvalue weighted by Gasteiger charge is -2.39. The van der Waals surface area contributed by atoms with E-state index in [1.54, 1.807) is 0 Å². The van der Waals surface area contributed by atoms with Crippen molar-refractivity contribution in [3.8, 4) is 0 Å². The number of likely N-dealkylation sites (tertiary alicyclic amines) is 1. The van der Waals surface area contributed by atoms with Gasteiger partial charge in [0, 0.05) is 9.99 Å². The minimum absolute atomic E-state index is 0.329. The molecule has 1 aliphatic heterocycles. The molecule has 1 heterocycles. The first-order chi connectivity index (χ1) is 9.00. The predicted octanol–water partition coefficient (Wildman–Crippen LogP) is 3.67. The van der Waals surface area contributed by atoms with Gasteiger partial charge in [-0.15, -0.1) is 0 Å². The van der Waals surface area contributed by atoms with Crippen molar-refractivity contribution in [3.63, 3.8) is 0 Å². The van der Waals surface area contributed by atoms with Gasteiger partial charge >= 0.3 is 0 Å². The summed E-state index contributed by atoms with van der Waals surface area (Å²) in [5, 5.41) is 0. The van der Waals surface area contributed by atoms with Crippen LogP contribution in [0.15, 0.2) is 24.3 Å². The van der Waals surface area contributed by atoms with Crippen LogP contribution in [0.1, 0.15) is 38.7 Å². The van der Waals surface area contributed by atoms with Crippen LogP contribution in [0.3, 0.4) is 0 Å². The molecule has 0 aliphatic carbocycles. The summed E-state index contributed by atoms with van der Waals surface area (Å²) in [7, 11) is 0. The van der Waals surface area contributed by atoms with Crippen molar-refractivity contribution in [1.82, 2.24) is 4.90 Å².